The lowest BCUT2D eigenvalue weighted by Crippen LogP contribution is -2.22. The van der Waals surface area contributed by atoms with Gasteiger partial charge in [0, 0.05) is 18.7 Å². The van der Waals surface area contributed by atoms with Crippen molar-refractivity contribution in [1.29, 1.82) is 0 Å². The minimum atomic E-state index is 0.235. The van der Waals surface area contributed by atoms with Crippen molar-refractivity contribution in [3.05, 3.63) is 18.2 Å². The summed E-state index contributed by atoms with van der Waals surface area (Å²) in [7, 11) is 0. The largest absolute Gasteiger partial charge is 0.337 e. The van der Waals surface area contributed by atoms with E-state index >= 15 is 0 Å². The molecule has 1 aromatic heterocycles. The molecule has 0 spiro atoms. The zero-order chi connectivity index (χ0) is 9.26. The normalized spacial score (nSPS) is 17.0. The number of Topliss-reactive ketones (excluding diaryl/α,β-unsaturated/α-hetero) is 1. The second kappa shape index (κ2) is 3.32. The molecule has 0 bridgehead atoms. The van der Waals surface area contributed by atoms with Gasteiger partial charge in [0.05, 0.1) is 6.33 Å². The maximum atomic E-state index is 11.7. The van der Waals surface area contributed by atoms with Gasteiger partial charge in [0.15, 0.2) is 5.78 Å². The monoisotopic (exact) mass is 178 g/mol. The number of nitrogens with zero attached hydrogens (tertiary/aromatic N) is 2. The van der Waals surface area contributed by atoms with Gasteiger partial charge in [0.1, 0.15) is 5.69 Å². The molecule has 0 unspecified atom stereocenters. The van der Waals surface area contributed by atoms with Crippen LogP contribution in [0.2, 0.25) is 0 Å². The fourth-order valence-electron chi connectivity index (χ4n) is 1.54. The summed E-state index contributed by atoms with van der Waals surface area (Å²) in [5, 5.41) is 0. The Bertz CT molecular complexity index is 312. The summed E-state index contributed by atoms with van der Waals surface area (Å²) >= 11 is 0. The molecule has 13 heavy (non-hydrogen) atoms. The molecule has 2 rings (SSSR count). The fourth-order valence-corrected chi connectivity index (χ4v) is 1.54. The summed E-state index contributed by atoms with van der Waals surface area (Å²) < 4.78 is 1.94. The number of carbonyl (C=O) groups excluding carboxylic acids is 1. The number of hydrogen-bond donors (Lipinski definition) is 0. The molecule has 1 aliphatic rings. The quantitative estimate of drug-likeness (QED) is 0.662. The molecular weight excluding hydrogens is 164 g/mol. The van der Waals surface area contributed by atoms with Crippen molar-refractivity contribution in [2.45, 2.75) is 32.7 Å². The highest BCUT2D eigenvalue weighted by Gasteiger charge is 2.27. The molecule has 1 aromatic rings. The lowest BCUT2D eigenvalue weighted by molar-refractivity contribution is 0.0850. The molecule has 0 saturated heterocycles. The molecule has 1 aliphatic carbocycles. The SMILES string of the molecule is CCn1cnc(C(=O)C2CCC2)c1. The first kappa shape index (κ1) is 8.48. The standard InChI is InChI=1S/C10H14N2O/c1-2-12-6-9(11-7-12)10(13)8-4-3-5-8/h6-8H,2-5H2,1H3. The maximum Gasteiger partial charge on any atom is 0.185 e. The van der Waals surface area contributed by atoms with Crippen LogP contribution in [-0.4, -0.2) is 15.3 Å². The van der Waals surface area contributed by atoms with Crippen LogP contribution < -0.4 is 0 Å². The Kier molecular flexibility index (Phi) is 2.17. The second-order valence-electron chi connectivity index (χ2n) is 3.58. The van der Waals surface area contributed by atoms with Crippen LogP contribution in [0.5, 0.6) is 0 Å². The molecule has 3 nitrogen and oxygen atoms in total. The van der Waals surface area contributed by atoms with E-state index < -0.39 is 0 Å². The highest BCUT2D eigenvalue weighted by molar-refractivity contribution is 5.96. The summed E-state index contributed by atoms with van der Waals surface area (Å²) in [5.74, 6) is 0.499. The van der Waals surface area contributed by atoms with Crippen LogP contribution in [0.25, 0.3) is 0 Å². The number of carbonyl (C=O) groups is 1. The first-order valence-electron chi connectivity index (χ1n) is 4.87. The highest BCUT2D eigenvalue weighted by atomic mass is 16.1. The number of imidazole rings is 1. The number of ketones is 1. The van der Waals surface area contributed by atoms with E-state index in [1.807, 2.05) is 17.7 Å². The average Bonchev–Trinajstić information content (AvgIpc) is 2.48. The Balaban J connectivity index is 2.10. The molecule has 0 aromatic carbocycles. The van der Waals surface area contributed by atoms with Crippen molar-refractivity contribution in [3.63, 3.8) is 0 Å². The number of rotatable bonds is 3. The zero-order valence-electron chi connectivity index (χ0n) is 7.86. The Morgan fingerprint density at radius 3 is 2.92 bits per heavy atom. The van der Waals surface area contributed by atoms with Crippen molar-refractivity contribution >= 4 is 5.78 Å². The van der Waals surface area contributed by atoms with E-state index in [1.165, 1.54) is 6.42 Å². The van der Waals surface area contributed by atoms with Crippen molar-refractivity contribution in [3.8, 4) is 0 Å². The molecule has 1 saturated carbocycles. The third-order valence-electron chi connectivity index (χ3n) is 2.73. The predicted octanol–water partition coefficient (Wildman–Crippen LogP) is 1.89. The van der Waals surface area contributed by atoms with Gasteiger partial charge >= 0.3 is 0 Å². The van der Waals surface area contributed by atoms with Crippen LogP contribution in [0.1, 0.15) is 36.7 Å². The van der Waals surface area contributed by atoms with Gasteiger partial charge in [-0.15, -0.1) is 0 Å². The third-order valence-corrected chi connectivity index (χ3v) is 2.73. The van der Waals surface area contributed by atoms with Crippen molar-refractivity contribution < 1.29 is 4.79 Å². The van der Waals surface area contributed by atoms with Gasteiger partial charge in [-0.2, -0.15) is 0 Å². The minimum Gasteiger partial charge on any atom is -0.337 e. The minimum absolute atomic E-state index is 0.235. The molecule has 0 aliphatic heterocycles. The Morgan fingerprint density at radius 1 is 1.69 bits per heavy atom. The Hall–Kier alpha value is -1.12. The fraction of sp³-hybridized carbons (Fsp3) is 0.600. The van der Waals surface area contributed by atoms with E-state index in [4.69, 9.17) is 0 Å². The van der Waals surface area contributed by atoms with E-state index in [0.717, 1.165) is 19.4 Å². The van der Waals surface area contributed by atoms with Crippen molar-refractivity contribution in [1.82, 2.24) is 9.55 Å². The van der Waals surface area contributed by atoms with Crippen molar-refractivity contribution in [2.75, 3.05) is 0 Å². The van der Waals surface area contributed by atoms with Crippen LogP contribution in [-0.2, 0) is 6.54 Å². The van der Waals surface area contributed by atoms with Crippen LogP contribution in [0.15, 0.2) is 12.5 Å². The second-order valence-corrected chi connectivity index (χ2v) is 3.58. The van der Waals surface area contributed by atoms with E-state index in [9.17, 15) is 4.79 Å². The zero-order valence-corrected chi connectivity index (χ0v) is 7.86. The Labute approximate surface area is 77.8 Å². The van der Waals surface area contributed by atoms with E-state index in [1.54, 1.807) is 6.33 Å². The summed E-state index contributed by atoms with van der Waals surface area (Å²) in [5.41, 5.74) is 0.645. The van der Waals surface area contributed by atoms with Gasteiger partial charge < -0.3 is 4.57 Å². The molecule has 3 heteroatoms. The van der Waals surface area contributed by atoms with Crippen LogP contribution in [0, 0.1) is 5.92 Å². The van der Waals surface area contributed by atoms with Crippen LogP contribution >= 0.6 is 0 Å². The molecule has 1 heterocycles. The first-order chi connectivity index (χ1) is 6.31. The molecule has 0 atom stereocenters. The summed E-state index contributed by atoms with van der Waals surface area (Å²) in [6, 6.07) is 0. The van der Waals surface area contributed by atoms with Gasteiger partial charge in [-0.3, -0.25) is 4.79 Å². The Morgan fingerprint density at radius 2 is 2.46 bits per heavy atom. The lowest BCUT2D eigenvalue weighted by atomic mass is 9.81. The predicted molar refractivity (Wildman–Crippen MR) is 49.6 cm³/mol. The van der Waals surface area contributed by atoms with E-state index in [0.29, 0.717) is 5.69 Å². The third kappa shape index (κ3) is 1.50. The molecular formula is C10H14N2O. The van der Waals surface area contributed by atoms with Gasteiger partial charge in [0.25, 0.3) is 0 Å². The van der Waals surface area contributed by atoms with Crippen LogP contribution in [0.3, 0.4) is 0 Å². The maximum absolute atomic E-state index is 11.7. The molecule has 0 N–H and O–H groups in total. The molecule has 0 radical (unpaired) electrons. The smallest absolute Gasteiger partial charge is 0.185 e. The molecule has 0 amide bonds. The molecule has 1 fully saturated rings. The lowest BCUT2D eigenvalue weighted by Gasteiger charge is -2.22. The van der Waals surface area contributed by atoms with Gasteiger partial charge in [-0.05, 0) is 19.8 Å². The number of hydrogen-bond acceptors (Lipinski definition) is 2. The summed E-state index contributed by atoms with van der Waals surface area (Å²) in [6.07, 6.45) is 6.88. The number of aryl methyl sites for hydroxylation is 1. The van der Waals surface area contributed by atoms with Gasteiger partial charge in [-0.25, -0.2) is 4.98 Å². The molecule has 70 valence electrons. The average molecular weight is 178 g/mol. The van der Waals surface area contributed by atoms with Crippen molar-refractivity contribution in [2.24, 2.45) is 5.92 Å². The first-order valence-corrected chi connectivity index (χ1v) is 4.87. The highest BCUT2D eigenvalue weighted by Crippen LogP contribution is 2.29. The summed E-state index contributed by atoms with van der Waals surface area (Å²) in [6.45, 7) is 2.92. The van der Waals surface area contributed by atoms with Crippen LogP contribution in [0.4, 0.5) is 0 Å². The van der Waals surface area contributed by atoms with Gasteiger partial charge in [0.2, 0.25) is 0 Å². The number of aromatic nitrogens is 2. The topological polar surface area (TPSA) is 34.9 Å². The van der Waals surface area contributed by atoms with Gasteiger partial charge in [-0.1, -0.05) is 6.42 Å². The summed E-state index contributed by atoms with van der Waals surface area (Å²) in [4.78, 5) is 15.8. The van der Waals surface area contributed by atoms with E-state index in [-0.39, 0.29) is 11.7 Å². The van der Waals surface area contributed by atoms with E-state index in [2.05, 4.69) is 4.98 Å².